The highest BCUT2D eigenvalue weighted by atomic mass is 32.1. The van der Waals surface area contributed by atoms with Crippen LogP contribution in [0.1, 0.15) is 17.3 Å². The fraction of sp³-hybridized carbons (Fsp3) is 0.133. The Morgan fingerprint density at radius 1 is 1.16 bits per heavy atom. The summed E-state index contributed by atoms with van der Waals surface area (Å²) in [6.07, 6.45) is 2.60. The molecule has 0 amide bonds. The van der Waals surface area contributed by atoms with Crippen LogP contribution in [0.25, 0.3) is 10.1 Å². The summed E-state index contributed by atoms with van der Waals surface area (Å²) >= 11 is 1.75. The molecule has 0 saturated carbocycles. The van der Waals surface area contributed by atoms with Crippen LogP contribution in [-0.2, 0) is 6.42 Å². The summed E-state index contributed by atoms with van der Waals surface area (Å²) in [5.41, 5.74) is 5.19. The number of pyridine rings is 1. The molecule has 1 aromatic carbocycles. The second-order valence-electron chi connectivity index (χ2n) is 4.43. The Morgan fingerprint density at radius 3 is 2.89 bits per heavy atom. The van der Waals surface area contributed by atoms with Crippen molar-refractivity contribution in [1.29, 1.82) is 0 Å². The summed E-state index contributed by atoms with van der Waals surface area (Å²) in [7, 11) is 0. The zero-order chi connectivity index (χ0) is 13.1. The van der Waals surface area contributed by atoms with Gasteiger partial charge in [0.1, 0.15) is 0 Å². The Labute approximate surface area is 116 Å². The minimum Gasteiger partial charge on any atom is -0.271 e. The first-order valence-electron chi connectivity index (χ1n) is 6.20. The van der Waals surface area contributed by atoms with E-state index in [1.54, 1.807) is 11.3 Å². The molecule has 0 radical (unpaired) electrons. The van der Waals surface area contributed by atoms with E-state index >= 15 is 0 Å². The van der Waals surface area contributed by atoms with Gasteiger partial charge in [0.2, 0.25) is 0 Å². The molecule has 4 heteroatoms. The molecule has 0 aliphatic carbocycles. The molecule has 0 fully saturated rings. The topological polar surface area (TPSA) is 50.9 Å². The Bertz CT molecular complexity index is 663. The molecule has 2 heterocycles. The van der Waals surface area contributed by atoms with Crippen molar-refractivity contribution in [2.24, 2.45) is 5.84 Å². The van der Waals surface area contributed by atoms with E-state index in [4.69, 9.17) is 5.84 Å². The van der Waals surface area contributed by atoms with Crippen molar-refractivity contribution in [1.82, 2.24) is 10.4 Å². The largest absolute Gasteiger partial charge is 0.271 e. The van der Waals surface area contributed by atoms with Crippen LogP contribution in [0.3, 0.4) is 0 Å². The first-order chi connectivity index (χ1) is 9.38. The van der Waals surface area contributed by atoms with Crippen molar-refractivity contribution in [2.75, 3.05) is 0 Å². The number of fused-ring (bicyclic) bond motifs is 1. The highest BCUT2D eigenvalue weighted by Gasteiger charge is 2.14. The van der Waals surface area contributed by atoms with Crippen LogP contribution >= 0.6 is 11.3 Å². The lowest BCUT2D eigenvalue weighted by Crippen LogP contribution is -2.29. The van der Waals surface area contributed by atoms with E-state index < -0.39 is 0 Å². The highest BCUT2D eigenvalue weighted by molar-refractivity contribution is 7.17. The summed E-state index contributed by atoms with van der Waals surface area (Å²) < 4.78 is 1.29. The second kappa shape index (κ2) is 5.48. The number of rotatable bonds is 4. The molecule has 0 spiro atoms. The zero-order valence-corrected chi connectivity index (χ0v) is 11.2. The third kappa shape index (κ3) is 2.51. The van der Waals surface area contributed by atoms with Crippen LogP contribution in [0.15, 0.2) is 54.0 Å². The molecule has 0 aliphatic rings. The van der Waals surface area contributed by atoms with Gasteiger partial charge in [-0.05, 0) is 34.5 Å². The number of benzene rings is 1. The third-order valence-electron chi connectivity index (χ3n) is 3.23. The highest BCUT2D eigenvalue weighted by Crippen LogP contribution is 2.30. The molecule has 1 unspecified atom stereocenters. The van der Waals surface area contributed by atoms with Gasteiger partial charge in [-0.3, -0.25) is 16.3 Å². The van der Waals surface area contributed by atoms with E-state index in [0.29, 0.717) is 0 Å². The number of thiophene rings is 1. The number of nitrogens with zero attached hydrogens (tertiary/aromatic N) is 1. The fourth-order valence-electron chi connectivity index (χ4n) is 2.28. The molecule has 3 aromatic rings. The van der Waals surface area contributed by atoms with E-state index in [9.17, 15) is 0 Å². The Balaban J connectivity index is 1.96. The standard InChI is InChI=1S/C15H15N3S/c16-18-14(10-12-5-1-2-8-17-12)13-6-3-4-11-7-9-19-15(11)13/h1-9,14,18H,10,16H2. The van der Waals surface area contributed by atoms with Crippen molar-refractivity contribution < 1.29 is 0 Å². The quantitative estimate of drug-likeness (QED) is 0.565. The minimum absolute atomic E-state index is 0.0808. The summed E-state index contributed by atoms with van der Waals surface area (Å²) in [4.78, 5) is 4.37. The van der Waals surface area contributed by atoms with Crippen LogP contribution in [0, 0.1) is 0 Å². The molecular formula is C15H15N3S. The monoisotopic (exact) mass is 269 g/mol. The van der Waals surface area contributed by atoms with E-state index in [0.717, 1.165) is 12.1 Å². The average Bonchev–Trinajstić information content (AvgIpc) is 2.94. The summed E-state index contributed by atoms with van der Waals surface area (Å²) in [6.45, 7) is 0. The zero-order valence-electron chi connectivity index (χ0n) is 10.4. The Morgan fingerprint density at radius 2 is 2.11 bits per heavy atom. The van der Waals surface area contributed by atoms with Crippen LogP contribution in [0.4, 0.5) is 0 Å². The van der Waals surface area contributed by atoms with E-state index in [2.05, 4.69) is 40.1 Å². The number of nitrogens with two attached hydrogens (primary N) is 1. The van der Waals surface area contributed by atoms with Crippen molar-refractivity contribution >= 4 is 21.4 Å². The maximum absolute atomic E-state index is 5.74. The molecule has 3 rings (SSSR count). The van der Waals surface area contributed by atoms with E-state index in [-0.39, 0.29) is 6.04 Å². The lowest BCUT2D eigenvalue weighted by molar-refractivity contribution is 0.550. The van der Waals surface area contributed by atoms with Gasteiger partial charge in [0, 0.05) is 23.0 Å². The lowest BCUT2D eigenvalue weighted by Gasteiger charge is -2.16. The van der Waals surface area contributed by atoms with Crippen LogP contribution in [0.5, 0.6) is 0 Å². The van der Waals surface area contributed by atoms with E-state index in [1.165, 1.54) is 15.6 Å². The fourth-order valence-corrected chi connectivity index (χ4v) is 3.25. The van der Waals surface area contributed by atoms with Gasteiger partial charge in [0.25, 0.3) is 0 Å². The third-order valence-corrected chi connectivity index (χ3v) is 4.20. The summed E-state index contributed by atoms with van der Waals surface area (Å²) in [5.74, 6) is 5.74. The SMILES string of the molecule is NNC(Cc1ccccn1)c1cccc2ccsc12. The molecule has 3 N–H and O–H groups in total. The van der Waals surface area contributed by atoms with Gasteiger partial charge < -0.3 is 0 Å². The van der Waals surface area contributed by atoms with Crippen molar-refractivity contribution in [2.45, 2.75) is 12.5 Å². The molecule has 0 aliphatic heterocycles. The second-order valence-corrected chi connectivity index (χ2v) is 5.35. The van der Waals surface area contributed by atoms with Gasteiger partial charge in [-0.2, -0.15) is 0 Å². The molecule has 0 bridgehead atoms. The first-order valence-corrected chi connectivity index (χ1v) is 7.08. The van der Waals surface area contributed by atoms with Gasteiger partial charge in [0.15, 0.2) is 0 Å². The molecule has 2 aromatic heterocycles. The van der Waals surface area contributed by atoms with Crippen LogP contribution in [-0.4, -0.2) is 4.98 Å². The predicted molar refractivity (Wildman–Crippen MR) is 79.8 cm³/mol. The maximum Gasteiger partial charge on any atom is 0.0529 e. The maximum atomic E-state index is 5.74. The van der Waals surface area contributed by atoms with Crippen LogP contribution in [0.2, 0.25) is 0 Å². The molecule has 96 valence electrons. The number of aromatic nitrogens is 1. The Kier molecular flexibility index (Phi) is 3.55. The van der Waals surface area contributed by atoms with Crippen LogP contribution < -0.4 is 11.3 Å². The Hall–Kier alpha value is -1.75. The number of hydrogen-bond donors (Lipinski definition) is 2. The number of nitrogens with one attached hydrogen (secondary N) is 1. The average molecular weight is 269 g/mol. The molecule has 1 atom stereocenters. The molecule has 0 saturated heterocycles. The smallest absolute Gasteiger partial charge is 0.0529 e. The van der Waals surface area contributed by atoms with Crippen molar-refractivity contribution in [3.05, 3.63) is 65.3 Å². The molecule has 3 nitrogen and oxygen atoms in total. The molecular weight excluding hydrogens is 254 g/mol. The van der Waals surface area contributed by atoms with Crippen molar-refractivity contribution in [3.63, 3.8) is 0 Å². The van der Waals surface area contributed by atoms with Gasteiger partial charge in [-0.15, -0.1) is 11.3 Å². The van der Waals surface area contributed by atoms with Gasteiger partial charge in [-0.25, -0.2) is 0 Å². The minimum atomic E-state index is 0.0808. The normalized spacial score (nSPS) is 12.7. The summed E-state index contributed by atoms with van der Waals surface area (Å²) in [6, 6.07) is 14.5. The van der Waals surface area contributed by atoms with Crippen molar-refractivity contribution in [3.8, 4) is 0 Å². The summed E-state index contributed by atoms with van der Waals surface area (Å²) in [5, 5.41) is 3.38. The van der Waals surface area contributed by atoms with E-state index in [1.807, 2.05) is 24.4 Å². The van der Waals surface area contributed by atoms with Gasteiger partial charge in [-0.1, -0.05) is 24.3 Å². The first kappa shape index (κ1) is 12.3. The molecule has 19 heavy (non-hydrogen) atoms. The van der Waals surface area contributed by atoms with Gasteiger partial charge in [0.05, 0.1) is 6.04 Å². The predicted octanol–water partition coefficient (Wildman–Crippen LogP) is 3.04. The lowest BCUT2D eigenvalue weighted by atomic mass is 10.0. The number of hydrogen-bond acceptors (Lipinski definition) is 4. The number of hydrazine groups is 1. The van der Waals surface area contributed by atoms with Gasteiger partial charge >= 0.3 is 0 Å².